The van der Waals surface area contributed by atoms with Crippen molar-refractivity contribution in [2.75, 3.05) is 0 Å². The number of nitrogens with zero attached hydrogens (tertiary/aromatic N) is 3. The van der Waals surface area contributed by atoms with Gasteiger partial charge in [-0.15, -0.1) is 0 Å². The highest BCUT2D eigenvalue weighted by molar-refractivity contribution is 6.00. The molecule has 1 unspecified atom stereocenters. The molecule has 0 spiro atoms. The number of pyridine rings is 2. The molecule has 0 fully saturated rings. The van der Waals surface area contributed by atoms with Crippen molar-refractivity contribution in [2.45, 2.75) is 32.9 Å². The average Bonchev–Trinajstić information content (AvgIpc) is 3.54. The molecule has 0 bridgehead atoms. The van der Waals surface area contributed by atoms with Crippen molar-refractivity contribution in [3.8, 4) is 11.1 Å². The molecule has 2 aromatic carbocycles. The molecule has 7 rings (SSSR count). The predicted octanol–water partition coefficient (Wildman–Crippen LogP) is 7.06. The number of ether oxygens (including phenoxy) is 1. The number of para-hydroxylation sites is 1. The molecule has 0 aliphatic carbocycles. The van der Waals surface area contributed by atoms with Crippen LogP contribution in [0.15, 0.2) is 97.3 Å². The summed E-state index contributed by atoms with van der Waals surface area (Å²) in [5.41, 5.74) is 8.19. The maximum absolute atomic E-state index is 13.7. The Morgan fingerprint density at radius 2 is 1.55 bits per heavy atom. The van der Waals surface area contributed by atoms with Crippen LogP contribution in [0.5, 0.6) is 0 Å². The summed E-state index contributed by atoms with van der Waals surface area (Å²) in [6.07, 6.45) is 3.84. The second kappa shape index (κ2) is 8.18. The van der Waals surface area contributed by atoms with Gasteiger partial charge in [0.2, 0.25) is 5.60 Å². The van der Waals surface area contributed by atoms with Gasteiger partial charge in [-0.25, -0.2) is 4.79 Å². The SMILES string of the molecule is CCn1c(C)c(C2(c3c(-c4ccccc4)c(C)n4ccccc34)OC(=O)c3cccnc32)c2ccccc21. The summed E-state index contributed by atoms with van der Waals surface area (Å²) in [6.45, 7) is 7.20. The lowest BCUT2D eigenvalue weighted by Crippen LogP contribution is -2.32. The van der Waals surface area contributed by atoms with E-state index in [2.05, 4.69) is 90.5 Å². The normalized spacial score (nSPS) is 16.8. The van der Waals surface area contributed by atoms with Gasteiger partial charge >= 0.3 is 5.97 Å². The van der Waals surface area contributed by atoms with Gasteiger partial charge in [0.15, 0.2) is 0 Å². The Bertz CT molecular complexity index is 1880. The molecule has 6 aromatic rings. The topological polar surface area (TPSA) is 48.5 Å². The summed E-state index contributed by atoms with van der Waals surface area (Å²) in [4.78, 5) is 18.6. The van der Waals surface area contributed by atoms with E-state index in [0.29, 0.717) is 11.3 Å². The number of rotatable bonds is 4. The van der Waals surface area contributed by atoms with E-state index in [9.17, 15) is 4.79 Å². The summed E-state index contributed by atoms with van der Waals surface area (Å²) in [5.74, 6) is -0.354. The lowest BCUT2D eigenvalue weighted by molar-refractivity contribution is 0.0251. The Hall–Kier alpha value is -4.64. The molecule has 0 saturated heterocycles. The molecule has 0 N–H and O–H groups in total. The third kappa shape index (κ3) is 2.81. The monoisotopic (exact) mass is 497 g/mol. The lowest BCUT2D eigenvalue weighted by atomic mass is 9.78. The molecule has 1 atom stereocenters. The fourth-order valence-electron chi connectivity index (χ4n) is 6.52. The molecule has 186 valence electrons. The molecule has 4 aromatic heterocycles. The molecule has 0 radical (unpaired) electrons. The largest absolute Gasteiger partial charge is 0.439 e. The fraction of sp³-hybridized carbons (Fsp3) is 0.152. The molecule has 1 aliphatic heterocycles. The molecule has 0 saturated carbocycles. The van der Waals surface area contributed by atoms with Gasteiger partial charge in [-0.3, -0.25) is 4.98 Å². The third-order valence-electron chi connectivity index (χ3n) is 8.01. The number of carbonyl (C=O) groups is 1. The maximum Gasteiger partial charge on any atom is 0.341 e. The van der Waals surface area contributed by atoms with Crippen LogP contribution in [0.4, 0.5) is 0 Å². The summed E-state index contributed by atoms with van der Waals surface area (Å²) in [7, 11) is 0. The Balaban J connectivity index is 1.74. The number of fused-ring (bicyclic) bond motifs is 3. The second-order valence-corrected chi connectivity index (χ2v) is 9.85. The van der Waals surface area contributed by atoms with Crippen LogP contribution in [-0.4, -0.2) is 19.9 Å². The summed E-state index contributed by atoms with van der Waals surface area (Å²) >= 11 is 0. The van der Waals surface area contributed by atoms with Gasteiger partial charge in [-0.2, -0.15) is 0 Å². The van der Waals surface area contributed by atoms with Crippen LogP contribution in [0.1, 0.15) is 45.5 Å². The number of carbonyl (C=O) groups excluding carboxylic acids is 1. The van der Waals surface area contributed by atoms with E-state index in [-0.39, 0.29) is 5.97 Å². The number of esters is 1. The first-order valence-electron chi connectivity index (χ1n) is 13.0. The van der Waals surface area contributed by atoms with Crippen LogP contribution >= 0.6 is 0 Å². The highest BCUT2D eigenvalue weighted by Crippen LogP contribution is 2.54. The van der Waals surface area contributed by atoms with E-state index in [1.54, 1.807) is 12.3 Å². The third-order valence-corrected chi connectivity index (χ3v) is 8.01. The van der Waals surface area contributed by atoms with Gasteiger partial charge in [0.25, 0.3) is 0 Å². The van der Waals surface area contributed by atoms with E-state index >= 15 is 0 Å². The van der Waals surface area contributed by atoms with Gasteiger partial charge < -0.3 is 13.7 Å². The minimum atomic E-state index is -1.23. The quantitative estimate of drug-likeness (QED) is 0.245. The lowest BCUT2D eigenvalue weighted by Gasteiger charge is -2.31. The van der Waals surface area contributed by atoms with Crippen molar-refractivity contribution in [3.05, 3.63) is 131 Å². The number of aromatic nitrogens is 3. The zero-order chi connectivity index (χ0) is 26.0. The number of hydrogen-bond acceptors (Lipinski definition) is 3. The highest BCUT2D eigenvalue weighted by Gasteiger charge is 2.55. The van der Waals surface area contributed by atoms with Gasteiger partial charge in [-0.1, -0.05) is 54.6 Å². The smallest absolute Gasteiger partial charge is 0.341 e. The van der Waals surface area contributed by atoms with E-state index in [1.807, 2.05) is 24.3 Å². The molecule has 5 heteroatoms. The maximum atomic E-state index is 13.7. The van der Waals surface area contributed by atoms with E-state index in [1.165, 1.54) is 0 Å². The van der Waals surface area contributed by atoms with E-state index in [0.717, 1.165) is 56.6 Å². The van der Waals surface area contributed by atoms with Crippen LogP contribution < -0.4 is 0 Å². The van der Waals surface area contributed by atoms with Crippen LogP contribution in [0.2, 0.25) is 0 Å². The first-order valence-corrected chi connectivity index (χ1v) is 13.0. The molecule has 38 heavy (non-hydrogen) atoms. The van der Waals surface area contributed by atoms with Gasteiger partial charge in [-0.05, 0) is 56.7 Å². The number of hydrogen-bond donors (Lipinski definition) is 0. The fourth-order valence-corrected chi connectivity index (χ4v) is 6.52. The summed E-state index contributed by atoms with van der Waals surface area (Å²) in [6, 6.07) is 28.6. The van der Waals surface area contributed by atoms with Crippen LogP contribution in [0.3, 0.4) is 0 Å². The number of cyclic esters (lactones) is 1. The minimum Gasteiger partial charge on any atom is -0.439 e. The zero-order valence-corrected chi connectivity index (χ0v) is 21.6. The van der Waals surface area contributed by atoms with Crippen molar-refractivity contribution >= 4 is 22.4 Å². The molecule has 5 nitrogen and oxygen atoms in total. The Labute approximate surface area is 221 Å². The van der Waals surface area contributed by atoms with Crippen molar-refractivity contribution in [1.29, 1.82) is 0 Å². The molecular weight excluding hydrogens is 470 g/mol. The summed E-state index contributed by atoms with van der Waals surface area (Å²) < 4.78 is 11.2. The first kappa shape index (κ1) is 22.5. The van der Waals surface area contributed by atoms with Crippen LogP contribution in [0, 0.1) is 13.8 Å². The minimum absolute atomic E-state index is 0.354. The average molecular weight is 498 g/mol. The number of benzene rings is 2. The van der Waals surface area contributed by atoms with Crippen LogP contribution in [0.25, 0.3) is 27.5 Å². The molecule has 1 aliphatic rings. The van der Waals surface area contributed by atoms with Crippen LogP contribution in [-0.2, 0) is 16.9 Å². The highest BCUT2D eigenvalue weighted by atomic mass is 16.6. The van der Waals surface area contributed by atoms with E-state index in [4.69, 9.17) is 9.72 Å². The molecule has 5 heterocycles. The Morgan fingerprint density at radius 3 is 2.37 bits per heavy atom. The Morgan fingerprint density at radius 1 is 0.816 bits per heavy atom. The van der Waals surface area contributed by atoms with Crippen molar-refractivity contribution in [3.63, 3.8) is 0 Å². The van der Waals surface area contributed by atoms with E-state index < -0.39 is 5.60 Å². The van der Waals surface area contributed by atoms with Gasteiger partial charge in [0.05, 0.1) is 11.1 Å². The molecule has 0 amide bonds. The van der Waals surface area contributed by atoms with Gasteiger partial charge in [0.1, 0.15) is 5.69 Å². The van der Waals surface area contributed by atoms with Gasteiger partial charge in [0, 0.05) is 57.9 Å². The summed E-state index contributed by atoms with van der Waals surface area (Å²) in [5, 5.41) is 1.06. The zero-order valence-electron chi connectivity index (χ0n) is 21.6. The first-order chi connectivity index (χ1) is 18.6. The van der Waals surface area contributed by atoms with Crippen molar-refractivity contribution < 1.29 is 9.53 Å². The second-order valence-electron chi connectivity index (χ2n) is 9.85. The Kier molecular flexibility index (Phi) is 4.86. The molecular formula is C33H27N3O2. The van der Waals surface area contributed by atoms with Crippen molar-refractivity contribution in [1.82, 2.24) is 14.0 Å². The standard InChI is InChI=1S/C33H27N3O2/c1-4-35-22(3)29(24-15-8-9-17-26(24)35)33(31-25(32(37)38-33)16-12-19-34-31)30-27-18-10-11-20-36(27)21(2)28(30)23-13-6-5-7-14-23/h5-20H,4H2,1-3H3. The van der Waals surface area contributed by atoms with Crippen molar-refractivity contribution in [2.24, 2.45) is 0 Å². The predicted molar refractivity (Wildman–Crippen MR) is 149 cm³/mol. The number of aryl methyl sites for hydroxylation is 2.